The topological polar surface area (TPSA) is 93.6 Å². The summed E-state index contributed by atoms with van der Waals surface area (Å²) in [7, 11) is 0. The van der Waals surface area contributed by atoms with E-state index in [0.29, 0.717) is 0 Å². The molecule has 0 amide bonds. The summed E-state index contributed by atoms with van der Waals surface area (Å²) in [6.45, 7) is 0. The average molecular weight is 1750 g/mol. The first-order valence-electron chi connectivity index (χ1n) is 46.5. The normalized spacial score (nSPS) is 11.9. The maximum Gasteiger partial charge on any atom is 0.161 e. The molecule has 0 atom stereocenters. The molecule has 0 spiro atoms. The molecule has 640 valence electrons. The molecule has 0 unspecified atom stereocenters. The summed E-state index contributed by atoms with van der Waals surface area (Å²) in [5.41, 5.74) is 36.7. The Morgan fingerprint density at radius 3 is 0.898 bits per heavy atom. The second kappa shape index (κ2) is 31.1. The van der Waals surface area contributed by atoms with Crippen molar-refractivity contribution in [2.24, 2.45) is 0 Å². The number of hydrogen-bond donors (Lipinski definition) is 0. The molecule has 0 saturated carbocycles. The van der Waals surface area contributed by atoms with Crippen LogP contribution in [0.25, 0.3) is 281 Å². The Kier molecular flexibility index (Phi) is 17.6. The summed E-state index contributed by atoms with van der Waals surface area (Å²) in [5.74, 6) is 0. The summed E-state index contributed by atoms with van der Waals surface area (Å²) in [6.07, 6.45) is 0. The van der Waals surface area contributed by atoms with E-state index < -0.39 is 0 Å². The number of furan rings is 6. The quantitative estimate of drug-likeness (QED) is 0.135. The number of benzene rings is 21. The van der Waals surface area contributed by atoms with E-state index in [1.165, 1.54) is 21.7 Å². The molecule has 0 aliphatic heterocycles. The van der Waals surface area contributed by atoms with E-state index in [9.17, 15) is 0 Å². The van der Waals surface area contributed by atoms with Crippen LogP contribution in [0.1, 0.15) is 0 Å². The van der Waals surface area contributed by atoms with Gasteiger partial charge in [-0.05, 0) is 205 Å². The zero-order chi connectivity index (χ0) is 89.9. The third kappa shape index (κ3) is 12.3. The highest BCUT2D eigenvalue weighted by Gasteiger charge is 2.28. The minimum Gasteiger partial charge on any atom is -0.456 e. The van der Waals surface area contributed by atoms with Gasteiger partial charge in [0.2, 0.25) is 0 Å². The van der Waals surface area contributed by atoms with E-state index in [-0.39, 0.29) is 0 Å². The molecule has 0 bridgehead atoms. The smallest absolute Gasteiger partial charge is 0.161 e. The number of rotatable bonds is 10. The van der Waals surface area contributed by atoms with Gasteiger partial charge in [0.25, 0.3) is 0 Å². The highest BCUT2D eigenvalue weighted by Crippen LogP contribution is 2.50. The zero-order valence-electron chi connectivity index (χ0n) is 73.7. The first-order valence-corrected chi connectivity index (χ1v) is 46.5. The van der Waals surface area contributed by atoms with Crippen LogP contribution in [0.3, 0.4) is 0 Å². The molecule has 21 aromatic carbocycles. The van der Waals surface area contributed by atoms with Crippen molar-refractivity contribution in [2.75, 3.05) is 0 Å². The van der Waals surface area contributed by atoms with Gasteiger partial charge >= 0.3 is 0 Å². The van der Waals surface area contributed by atoms with Gasteiger partial charge < -0.3 is 40.2 Å². The van der Waals surface area contributed by atoms with Crippen LogP contribution in [0.5, 0.6) is 0 Å². The summed E-state index contributed by atoms with van der Waals surface area (Å²) in [6, 6.07) is 164. The maximum absolute atomic E-state index is 6.78. The van der Waals surface area contributed by atoms with Crippen molar-refractivity contribution in [1.82, 2.24) is 13.7 Å². The van der Waals surface area contributed by atoms with Crippen molar-refractivity contribution in [3.8, 4) is 95.0 Å². The largest absolute Gasteiger partial charge is 0.456 e. The zero-order valence-corrected chi connectivity index (χ0v) is 73.7. The Morgan fingerprint density at radius 2 is 0.445 bits per heavy atom. The number of nitrogens with zero attached hydrogens (tertiary/aromatic N) is 3. The molecule has 0 aliphatic rings. The molecule has 0 fully saturated rings. The van der Waals surface area contributed by atoms with Crippen LogP contribution in [0, 0.1) is 0 Å². The molecule has 0 radical (unpaired) electrons. The number of aromatic nitrogens is 3. The second-order valence-electron chi connectivity index (χ2n) is 35.5. The molecule has 0 N–H and O–H groups in total. The molecule has 0 aliphatic carbocycles. The highest BCUT2D eigenvalue weighted by molar-refractivity contribution is 6.24. The average Bonchev–Trinajstić information content (AvgIpc) is 1.56. The molecule has 9 heteroatoms. The molecular weight excluding hydrogens is 1680 g/mol. The van der Waals surface area contributed by atoms with Gasteiger partial charge in [-0.15, -0.1) is 0 Å². The van der Waals surface area contributed by atoms with Crippen LogP contribution in [-0.4, -0.2) is 13.7 Å². The number of para-hydroxylation sites is 10. The van der Waals surface area contributed by atoms with E-state index in [2.05, 4.69) is 475 Å². The minimum absolute atomic E-state index is 0.892. The summed E-state index contributed by atoms with van der Waals surface area (Å²) < 4.78 is 46.6. The van der Waals surface area contributed by atoms with Crippen molar-refractivity contribution in [3.05, 3.63) is 467 Å². The Labute approximate surface area is 783 Å². The van der Waals surface area contributed by atoms with Crippen molar-refractivity contribution in [2.45, 2.75) is 0 Å². The fraction of sp³-hybridized carbons (Fsp3) is 0. The fourth-order valence-corrected chi connectivity index (χ4v) is 21.6. The van der Waals surface area contributed by atoms with Crippen LogP contribution >= 0.6 is 0 Å². The van der Waals surface area contributed by atoms with Gasteiger partial charge in [0.15, 0.2) is 16.7 Å². The standard InChI is InChI=1S/C44H27NO2.2C42H25NO2/c1-3-12-28(13-4-1)33-18-9-20-36-40-32(17-11-23-39(40)46-42(33)36)29-24-26-30(27-25-29)34-19-10-21-37-41-44(47-43(34)37)35-16-7-8-22-38(35)45(41)31-14-5-2-6-15-31;1-2-11-29(12-3-1)43-36-18-7-6-14-33(36)42-39(43)35-17-8-16-32(41(35)45-42)28-22-20-27(21-23-28)30-15-9-19-37-38(30)34-25-24-26-10-4-5-13-31(26)40(34)44-37;1-2-11-31(12-3-1)43-37-16-7-6-13-34(37)42-40(43)35-15-8-14-32(41(35)45-42)27-19-17-26(18-20-27)30-21-22-33-36-23-28-9-4-5-10-29(28)24-39(36)44-38(33)25-30/h1-27H;2*1-25H. The Balaban J connectivity index is 0.000000102. The van der Waals surface area contributed by atoms with E-state index in [1.807, 2.05) is 6.07 Å². The van der Waals surface area contributed by atoms with Gasteiger partial charge in [-0.25, -0.2) is 0 Å². The first-order chi connectivity index (χ1) is 68.0. The minimum atomic E-state index is 0.892. The van der Waals surface area contributed by atoms with Crippen LogP contribution in [0.15, 0.2) is 494 Å². The molecule has 30 aromatic rings. The fourth-order valence-electron chi connectivity index (χ4n) is 21.6. The van der Waals surface area contributed by atoms with Crippen LogP contribution in [-0.2, 0) is 0 Å². The van der Waals surface area contributed by atoms with Gasteiger partial charge in [-0.1, -0.05) is 334 Å². The highest BCUT2D eigenvalue weighted by atomic mass is 16.4. The van der Waals surface area contributed by atoms with Crippen molar-refractivity contribution in [1.29, 1.82) is 0 Å². The molecule has 0 saturated heterocycles. The van der Waals surface area contributed by atoms with Gasteiger partial charge in [0, 0.05) is 109 Å². The van der Waals surface area contributed by atoms with Gasteiger partial charge in [0.05, 0.1) is 16.6 Å². The monoisotopic (exact) mass is 1750 g/mol. The van der Waals surface area contributed by atoms with Crippen molar-refractivity contribution >= 4 is 186 Å². The first kappa shape index (κ1) is 77.3. The third-order valence-electron chi connectivity index (χ3n) is 27.8. The van der Waals surface area contributed by atoms with Crippen molar-refractivity contribution < 1.29 is 26.5 Å². The molecule has 9 aromatic heterocycles. The Hall–Kier alpha value is -18.4. The van der Waals surface area contributed by atoms with Crippen molar-refractivity contribution in [3.63, 3.8) is 0 Å². The predicted octanol–water partition coefficient (Wildman–Crippen LogP) is 36.3. The molecule has 9 nitrogen and oxygen atoms in total. The molecule has 30 rings (SSSR count). The molecular formula is C128H77N3O6. The third-order valence-corrected chi connectivity index (χ3v) is 27.8. The lowest BCUT2D eigenvalue weighted by molar-refractivity contribution is 0.669. The molecule has 9 heterocycles. The second-order valence-corrected chi connectivity index (χ2v) is 35.5. The Morgan fingerprint density at radius 1 is 0.139 bits per heavy atom. The van der Waals surface area contributed by atoms with Gasteiger partial charge in [0.1, 0.15) is 66.8 Å². The summed E-state index contributed by atoms with van der Waals surface area (Å²) >= 11 is 0. The lowest BCUT2D eigenvalue weighted by atomic mass is 9.95. The number of fused-ring (bicyclic) bond motifs is 27. The van der Waals surface area contributed by atoms with E-state index in [4.69, 9.17) is 26.5 Å². The maximum atomic E-state index is 6.78. The number of hydrogen-bond acceptors (Lipinski definition) is 6. The Bertz CT molecular complexity index is 10100. The molecule has 137 heavy (non-hydrogen) atoms. The van der Waals surface area contributed by atoms with E-state index in [1.54, 1.807) is 0 Å². The van der Waals surface area contributed by atoms with Gasteiger partial charge in [-0.2, -0.15) is 0 Å². The predicted molar refractivity (Wildman–Crippen MR) is 567 cm³/mol. The lowest BCUT2D eigenvalue weighted by Crippen LogP contribution is -1.92. The SMILES string of the molecule is c1ccc(-c2cccc3c2oc2cccc(-c4ccc(-c5cccc6c5oc5c7ccccc7n(-c7ccccc7)c65)cc4)c23)cc1.c1ccc(-n2c3ccccc3c3oc4c(-c5ccc(-c6ccc7c(c6)oc6cc8ccccc8cc67)cc5)cccc4c32)cc1.c1ccc(-n2c3ccccc3c3oc4c(-c5ccc(-c6cccc7oc8c9ccccc9ccc8c67)cc5)cccc4c32)cc1. The van der Waals surface area contributed by atoms with Crippen LogP contribution < -0.4 is 0 Å². The lowest BCUT2D eigenvalue weighted by Gasteiger charge is -2.09. The van der Waals surface area contributed by atoms with E-state index in [0.717, 1.165) is 260 Å². The van der Waals surface area contributed by atoms with Gasteiger partial charge in [-0.3, -0.25) is 0 Å². The summed E-state index contributed by atoms with van der Waals surface area (Å²) in [4.78, 5) is 0. The van der Waals surface area contributed by atoms with Crippen LogP contribution in [0.4, 0.5) is 0 Å². The van der Waals surface area contributed by atoms with Crippen LogP contribution in [0.2, 0.25) is 0 Å². The van der Waals surface area contributed by atoms with E-state index >= 15 is 0 Å². The summed E-state index contributed by atoms with van der Waals surface area (Å²) in [5, 5.41) is 18.2.